The van der Waals surface area contributed by atoms with Crippen LogP contribution in [-0.2, 0) is 4.79 Å². The molecule has 50 heavy (non-hydrogen) atoms. The molecule has 300 valence electrons. The van der Waals surface area contributed by atoms with Crippen molar-refractivity contribution in [2.75, 3.05) is 6.61 Å². The maximum atomic E-state index is 12.4. The SMILES string of the molecule is CCCCCCCCCCCCCCCCCCCCCCCCCC(O)C(O)C(CO)NC(=O)CCCCCCCCCCCCCCC. The summed E-state index contributed by atoms with van der Waals surface area (Å²) in [6.45, 7) is 4.20. The Morgan fingerprint density at radius 2 is 0.680 bits per heavy atom. The zero-order chi connectivity index (χ0) is 36.6. The van der Waals surface area contributed by atoms with Crippen molar-refractivity contribution in [1.29, 1.82) is 0 Å². The summed E-state index contributed by atoms with van der Waals surface area (Å²) >= 11 is 0. The first-order chi connectivity index (χ1) is 24.6. The summed E-state index contributed by atoms with van der Waals surface area (Å²) in [6, 6.07) is -0.802. The maximum Gasteiger partial charge on any atom is 0.220 e. The summed E-state index contributed by atoms with van der Waals surface area (Å²) < 4.78 is 0. The van der Waals surface area contributed by atoms with Crippen LogP contribution in [0.25, 0.3) is 0 Å². The van der Waals surface area contributed by atoms with Crippen molar-refractivity contribution in [3.63, 3.8) is 0 Å². The molecule has 0 saturated heterocycles. The Kier molecular flexibility index (Phi) is 40.6. The fourth-order valence-electron chi connectivity index (χ4n) is 7.40. The molecular weight excluding hydrogens is 618 g/mol. The standard InChI is InChI=1S/C45H91NO4/c1-3-5-7-9-11-13-15-17-18-19-20-21-22-23-24-25-26-28-29-31-33-35-37-39-43(48)45(50)42(41-47)46-44(49)40-38-36-34-32-30-27-16-14-12-10-8-6-4-2/h42-43,45,47-48,50H,3-41H2,1-2H3,(H,46,49). The minimum atomic E-state index is -1.13. The van der Waals surface area contributed by atoms with Gasteiger partial charge in [-0.2, -0.15) is 0 Å². The van der Waals surface area contributed by atoms with E-state index < -0.39 is 18.2 Å². The Bertz CT molecular complexity index is 659. The molecule has 0 aromatic heterocycles. The van der Waals surface area contributed by atoms with E-state index in [0.29, 0.717) is 12.8 Å². The van der Waals surface area contributed by atoms with Gasteiger partial charge in [-0.15, -0.1) is 0 Å². The molecule has 0 aromatic rings. The molecule has 0 saturated carbocycles. The third-order valence-corrected chi connectivity index (χ3v) is 11.0. The van der Waals surface area contributed by atoms with Crippen LogP contribution in [0.5, 0.6) is 0 Å². The topological polar surface area (TPSA) is 89.8 Å². The number of hydrogen-bond donors (Lipinski definition) is 4. The quantitative estimate of drug-likeness (QED) is 0.0475. The summed E-state index contributed by atoms with van der Waals surface area (Å²) in [4.78, 5) is 12.4. The molecule has 0 rings (SSSR count). The van der Waals surface area contributed by atoms with Gasteiger partial charge in [0.05, 0.1) is 18.8 Å². The maximum absolute atomic E-state index is 12.4. The van der Waals surface area contributed by atoms with Gasteiger partial charge in [0.2, 0.25) is 5.91 Å². The lowest BCUT2D eigenvalue weighted by molar-refractivity contribution is -0.124. The van der Waals surface area contributed by atoms with E-state index >= 15 is 0 Å². The van der Waals surface area contributed by atoms with Gasteiger partial charge in [-0.25, -0.2) is 0 Å². The van der Waals surface area contributed by atoms with Gasteiger partial charge in [0, 0.05) is 6.42 Å². The van der Waals surface area contributed by atoms with Crippen molar-refractivity contribution in [3.05, 3.63) is 0 Å². The number of carbonyl (C=O) groups is 1. The zero-order valence-corrected chi connectivity index (χ0v) is 34.1. The summed E-state index contributed by atoms with van der Waals surface area (Å²) in [5.74, 6) is -0.141. The normalized spacial score (nSPS) is 13.5. The number of rotatable bonds is 42. The fourth-order valence-corrected chi connectivity index (χ4v) is 7.40. The average Bonchev–Trinajstić information content (AvgIpc) is 3.12. The Hall–Kier alpha value is -0.650. The van der Waals surface area contributed by atoms with E-state index in [1.807, 2.05) is 0 Å². The van der Waals surface area contributed by atoms with Crippen LogP contribution in [0, 0.1) is 0 Å². The molecule has 0 fully saturated rings. The van der Waals surface area contributed by atoms with Crippen LogP contribution < -0.4 is 5.32 Å². The lowest BCUT2D eigenvalue weighted by Crippen LogP contribution is -2.50. The lowest BCUT2D eigenvalue weighted by atomic mass is 9.99. The lowest BCUT2D eigenvalue weighted by Gasteiger charge is -2.26. The molecule has 3 atom stereocenters. The predicted octanol–water partition coefficient (Wildman–Crippen LogP) is 13.0. The molecule has 0 radical (unpaired) electrons. The second-order valence-corrected chi connectivity index (χ2v) is 16.0. The fraction of sp³-hybridized carbons (Fsp3) is 0.978. The first kappa shape index (κ1) is 49.4. The second-order valence-electron chi connectivity index (χ2n) is 16.0. The van der Waals surface area contributed by atoms with Crippen LogP contribution in [0.2, 0.25) is 0 Å². The molecule has 0 aromatic carbocycles. The molecular formula is C45H91NO4. The first-order valence-corrected chi connectivity index (χ1v) is 22.8. The molecule has 0 aliphatic carbocycles. The van der Waals surface area contributed by atoms with Crippen molar-refractivity contribution >= 4 is 5.91 Å². The average molecular weight is 710 g/mol. The number of aliphatic hydroxyl groups is 3. The molecule has 3 unspecified atom stereocenters. The molecule has 0 aliphatic heterocycles. The van der Waals surface area contributed by atoms with Crippen molar-refractivity contribution in [2.45, 2.75) is 276 Å². The third-order valence-electron chi connectivity index (χ3n) is 11.0. The van der Waals surface area contributed by atoms with Crippen molar-refractivity contribution < 1.29 is 20.1 Å². The Morgan fingerprint density at radius 1 is 0.420 bits per heavy atom. The van der Waals surface area contributed by atoms with Gasteiger partial charge in [-0.3, -0.25) is 4.79 Å². The van der Waals surface area contributed by atoms with Crippen LogP contribution in [0.3, 0.4) is 0 Å². The minimum absolute atomic E-state index is 0.141. The molecule has 0 heterocycles. The van der Waals surface area contributed by atoms with Gasteiger partial charge in [-0.1, -0.05) is 239 Å². The van der Waals surface area contributed by atoms with Gasteiger partial charge in [0.1, 0.15) is 6.10 Å². The molecule has 0 spiro atoms. The third kappa shape index (κ3) is 35.7. The second kappa shape index (κ2) is 41.1. The molecule has 5 nitrogen and oxygen atoms in total. The Morgan fingerprint density at radius 3 is 0.960 bits per heavy atom. The van der Waals surface area contributed by atoms with Crippen LogP contribution in [0.15, 0.2) is 0 Å². The van der Waals surface area contributed by atoms with Gasteiger partial charge in [0.25, 0.3) is 0 Å². The highest BCUT2D eigenvalue weighted by molar-refractivity contribution is 5.76. The van der Waals surface area contributed by atoms with E-state index in [4.69, 9.17) is 0 Å². The molecule has 1 amide bonds. The smallest absolute Gasteiger partial charge is 0.220 e. The van der Waals surface area contributed by atoms with E-state index in [-0.39, 0.29) is 12.5 Å². The van der Waals surface area contributed by atoms with E-state index in [1.165, 1.54) is 199 Å². The highest BCUT2D eigenvalue weighted by atomic mass is 16.3. The van der Waals surface area contributed by atoms with Crippen molar-refractivity contribution in [2.24, 2.45) is 0 Å². The van der Waals surface area contributed by atoms with Gasteiger partial charge >= 0.3 is 0 Å². The number of unbranched alkanes of at least 4 members (excludes halogenated alkanes) is 34. The van der Waals surface area contributed by atoms with Gasteiger partial charge < -0.3 is 20.6 Å². The summed E-state index contributed by atoms with van der Waals surface area (Å²) in [7, 11) is 0. The van der Waals surface area contributed by atoms with Gasteiger partial charge in [-0.05, 0) is 12.8 Å². The largest absolute Gasteiger partial charge is 0.394 e. The van der Waals surface area contributed by atoms with Crippen molar-refractivity contribution in [3.8, 4) is 0 Å². The molecule has 5 heteroatoms. The van der Waals surface area contributed by atoms with Crippen LogP contribution in [0.1, 0.15) is 258 Å². The highest BCUT2D eigenvalue weighted by Crippen LogP contribution is 2.17. The van der Waals surface area contributed by atoms with E-state index in [2.05, 4.69) is 19.2 Å². The van der Waals surface area contributed by atoms with Gasteiger partial charge in [0.15, 0.2) is 0 Å². The number of hydrogen-bond acceptors (Lipinski definition) is 4. The summed E-state index contributed by atoms with van der Waals surface area (Å²) in [5.41, 5.74) is 0. The van der Waals surface area contributed by atoms with Crippen LogP contribution in [0.4, 0.5) is 0 Å². The number of aliphatic hydroxyl groups excluding tert-OH is 3. The summed E-state index contributed by atoms with van der Waals surface area (Å²) in [5, 5.41) is 33.6. The molecule has 0 bridgehead atoms. The highest BCUT2D eigenvalue weighted by Gasteiger charge is 2.26. The minimum Gasteiger partial charge on any atom is -0.394 e. The summed E-state index contributed by atoms with van der Waals surface area (Å²) in [6.07, 6.45) is 46.5. The Labute approximate surface area is 313 Å². The number of nitrogens with one attached hydrogen (secondary N) is 1. The first-order valence-electron chi connectivity index (χ1n) is 22.8. The molecule has 0 aliphatic rings. The molecule has 4 N–H and O–H groups in total. The van der Waals surface area contributed by atoms with Crippen molar-refractivity contribution in [1.82, 2.24) is 5.32 Å². The van der Waals surface area contributed by atoms with E-state index in [9.17, 15) is 20.1 Å². The number of amides is 1. The predicted molar refractivity (Wildman–Crippen MR) is 218 cm³/mol. The zero-order valence-electron chi connectivity index (χ0n) is 34.1. The van der Waals surface area contributed by atoms with E-state index in [1.54, 1.807) is 0 Å². The number of carbonyl (C=O) groups excluding carboxylic acids is 1. The Balaban J connectivity index is 3.54. The van der Waals surface area contributed by atoms with E-state index in [0.717, 1.165) is 32.1 Å². The van der Waals surface area contributed by atoms with Crippen LogP contribution in [-0.4, -0.2) is 46.1 Å². The monoisotopic (exact) mass is 710 g/mol. The van der Waals surface area contributed by atoms with Crippen LogP contribution >= 0.6 is 0 Å².